The van der Waals surface area contributed by atoms with E-state index in [-0.39, 0.29) is 5.91 Å². The summed E-state index contributed by atoms with van der Waals surface area (Å²) in [6.45, 7) is 6.50. The molecule has 1 saturated heterocycles. The average Bonchev–Trinajstić information content (AvgIpc) is 3.27. The van der Waals surface area contributed by atoms with Gasteiger partial charge in [-0.1, -0.05) is 48.5 Å². The fraction of sp³-hybridized carbons (Fsp3) is 0.231. The molecule has 1 N–H and O–H groups in total. The lowest BCUT2D eigenvalue weighted by Crippen LogP contribution is -2.46. The molecule has 3 heterocycles. The molecule has 1 aliphatic rings. The van der Waals surface area contributed by atoms with Crippen LogP contribution in [0.1, 0.15) is 21.6 Å². The minimum atomic E-state index is -0.239. The monoisotopic (exact) mass is 453 g/mol. The maximum Gasteiger partial charge on any atom is 0.260 e. The Morgan fingerprint density at radius 2 is 1.65 bits per heavy atom. The average molecular weight is 454 g/mol. The molecule has 5 rings (SSSR count). The molecule has 2 aromatic heterocycles. The fourth-order valence-corrected chi connectivity index (χ4v) is 4.21. The van der Waals surface area contributed by atoms with E-state index in [1.165, 1.54) is 11.9 Å². The molecule has 8 heteroatoms. The van der Waals surface area contributed by atoms with Gasteiger partial charge in [-0.05, 0) is 24.6 Å². The SMILES string of the molecule is Cc1c(C(=O)Nc2cc(N3CCN(Cc4ccccc4)CC3)ncn2)cnn1-c1ccccc1. The highest BCUT2D eigenvalue weighted by molar-refractivity contribution is 6.04. The number of nitrogens with zero attached hydrogens (tertiary/aromatic N) is 6. The van der Waals surface area contributed by atoms with Crippen molar-refractivity contribution in [1.29, 1.82) is 0 Å². The van der Waals surface area contributed by atoms with Crippen LogP contribution in [0.4, 0.5) is 11.6 Å². The number of para-hydroxylation sites is 1. The molecule has 1 aliphatic heterocycles. The van der Waals surface area contributed by atoms with Gasteiger partial charge >= 0.3 is 0 Å². The molecule has 0 aliphatic carbocycles. The van der Waals surface area contributed by atoms with E-state index in [1.807, 2.05) is 49.4 Å². The molecule has 0 unspecified atom stereocenters. The van der Waals surface area contributed by atoms with Crippen molar-refractivity contribution in [2.24, 2.45) is 0 Å². The smallest absolute Gasteiger partial charge is 0.260 e. The summed E-state index contributed by atoms with van der Waals surface area (Å²) >= 11 is 0. The molecule has 4 aromatic rings. The predicted octanol–water partition coefficient (Wildman–Crippen LogP) is 3.55. The molecule has 0 radical (unpaired) electrons. The predicted molar refractivity (Wildman–Crippen MR) is 132 cm³/mol. The van der Waals surface area contributed by atoms with E-state index < -0.39 is 0 Å². The van der Waals surface area contributed by atoms with Crippen LogP contribution in [0.3, 0.4) is 0 Å². The van der Waals surface area contributed by atoms with E-state index in [4.69, 9.17) is 0 Å². The van der Waals surface area contributed by atoms with Gasteiger partial charge in [-0.25, -0.2) is 14.6 Å². The highest BCUT2D eigenvalue weighted by atomic mass is 16.1. The maximum atomic E-state index is 12.9. The lowest BCUT2D eigenvalue weighted by molar-refractivity contribution is 0.102. The summed E-state index contributed by atoms with van der Waals surface area (Å²) in [5.41, 5.74) is 3.52. The summed E-state index contributed by atoms with van der Waals surface area (Å²) in [7, 11) is 0. The minimum Gasteiger partial charge on any atom is -0.354 e. The zero-order valence-electron chi connectivity index (χ0n) is 19.1. The number of benzene rings is 2. The fourth-order valence-electron chi connectivity index (χ4n) is 4.21. The number of rotatable bonds is 6. The van der Waals surface area contributed by atoms with E-state index >= 15 is 0 Å². The number of carbonyl (C=O) groups is 1. The van der Waals surface area contributed by atoms with Gasteiger partial charge in [-0.3, -0.25) is 9.69 Å². The lowest BCUT2D eigenvalue weighted by atomic mass is 10.2. The molecule has 0 spiro atoms. The van der Waals surface area contributed by atoms with Crippen molar-refractivity contribution in [3.63, 3.8) is 0 Å². The van der Waals surface area contributed by atoms with Crippen LogP contribution in [0.2, 0.25) is 0 Å². The number of anilines is 2. The first-order valence-electron chi connectivity index (χ1n) is 11.4. The summed E-state index contributed by atoms with van der Waals surface area (Å²) in [5.74, 6) is 1.06. The van der Waals surface area contributed by atoms with Gasteiger partial charge in [0, 0.05) is 38.8 Å². The molecule has 0 atom stereocenters. The Balaban J connectivity index is 1.22. The Bertz CT molecular complexity index is 1250. The number of hydrogen-bond donors (Lipinski definition) is 1. The van der Waals surface area contributed by atoms with Crippen molar-refractivity contribution in [2.75, 3.05) is 36.4 Å². The number of aromatic nitrogens is 4. The molecule has 8 nitrogen and oxygen atoms in total. The molecule has 172 valence electrons. The second-order valence-corrected chi connectivity index (χ2v) is 8.36. The van der Waals surface area contributed by atoms with E-state index in [9.17, 15) is 4.79 Å². The van der Waals surface area contributed by atoms with Crippen molar-refractivity contribution >= 4 is 17.5 Å². The van der Waals surface area contributed by atoms with Crippen LogP contribution in [0.25, 0.3) is 5.69 Å². The van der Waals surface area contributed by atoms with Gasteiger partial charge in [0.05, 0.1) is 23.1 Å². The number of amides is 1. The van der Waals surface area contributed by atoms with Crippen molar-refractivity contribution < 1.29 is 4.79 Å². The zero-order valence-corrected chi connectivity index (χ0v) is 19.1. The van der Waals surface area contributed by atoms with E-state index in [0.29, 0.717) is 11.4 Å². The Labute approximate surface area is 198 Å². The van der Waals surface area contributed by atoms with Gasteiger partial charge in [0.25, 0.3) is 5.91 Å². The van der Waals surface area contributed by atoms with Gasteiger partial charge in [0.1, 0.15) is 18.0 Å². The van der Waals surface area contributed by atoms with E-state index in [1.54, 1.807) is 10.9 Å². The van der Waals surface area contributed by atoms with E-state index in [0.717, 1.165) is 49.9 Å². The van der Waals surface area contributed by atoms with Crippen molar-refractivity contribution in [3.8, 4) is 5.69 Å². The van der Waals surface area contributed by atoms with Gasteiger partial charge < -0.3 is 10.2 Å². The highest BCUT2D eigenvalue weighted by Crippen LogP contribution is 2.19. The van der Waals surface area contributed by atoms with Crippen LogP contribution in [0, 0.1) is 6.92 Å². The lowest BCUT2D eigenvalue weighted by Gasteiger charge is -2.35. The van der Waals surface area contributed by atoms with Gasteiger partial charge in [0.15, 0.2) is 0 Å². The summed E-state index contributed by atoms with van der Waals surface area (Å²) < 4.78 is 1.76. The maximum absolute atomic E-state index is 12.9. The van der Waals surface area contributed by atoms with Crippen LogP contribution in [0.15, 0.2) is 79.3 Å². The third kappa shape index (κ3) is 4.82. The Kier molecular flexibility index (Phi) is 6.31. The van der Waals surface area contributed by atoms with Crippen molar-refractivity contribution in [3.05, 3.63) is 96.1 Å². The first-order chi connectivity index (χ1) is 16.7. The first-order valence-corrected chi connectivity index (χ1v) is 11.4. The van der Waals surface area contributed by atoms with Crippen LogP contribution in [0.5, 0.6) is 0 Å². The van der Waals surface area contributed by atoms with Gasteiger partial charge in [-0.2, -0.15) is 5.10 Å². The van der Waals surface area contributed by atoms with Crippen molar-refractivity contribution in [2.45, 2.75) is 13.5 Å². The summed E-state index contributed by atoms with van der Waals surface area (Å²) in [5, 5.41) is 7.29. The summed E-state index contributed by atoms with van der Waals surface area (Å²) in [4.78, 5) is 26.3. The Hall–Kier alpha value is -4.04. The molecular weight excluding hydrogens is 426 g/mol. The van der Waals surface area contributed by atoms with E-state index in [2.05, 4.69) is 54.4 Å². The van der Waals surface area contributed by atoms with Crippen LogP contribution < -0.4 is 10.2 Å². The molecule has 2 aromatic carbocycles. The van der Waals surface area contributed by atoms with Crippen LogP contribution in [-0.4, -0.2) is 56.7 Å². The van der Waals surface area contributed by atoms with Gasteiger partial charge in [-0.15, -0.1) is 0 Å². The standard InChI is InChI=1S/C26H27N7O/c1-20-23(17-29-33(20)22-10-6-3-7-11-22)26(34)30-24-16-25(28-19-27-24)32-14-12-31(13-15-32)18-21-8-4-2-5-9-21/h2-11,16-17,19H,12-15,18H2,1H3,(H,27,28,30,34). The highest BCUT2D eigenvalue weighted by Gasteiger charge is 2.20. The Morgan fingerprint density at radius 1 is 0.941 bits per heavy atom. The number of nitrogens with one attached hydrogen (secondary N) is 1. The third-order valence-corrected chi connectivity index (χ3v) is 6.09. The summed E-state index contributed by atoms with van der Waals surface area (Å²) in [6.07, 6.45) is 3.09. The second kappa shape index (κ2) is 9.84. The summed E-state index contributed by atoms with van der Waals surface area (Å²) in [6, 6.07) is 22.1. The Morgan fingerprint density at radius 3 is 2.38 bits per heavy atom. The molecule has 34 heavy (non-hydrogen) atoms. The van der Waals surface area contributed by atoms with Gasteiger partial charge in [0.2, 0.25) is 0 Å². The number of carbonyl (C=O) groups excluding carboxylic acids is 1. The number of piperazine rings is 1. The zero-order chi connectivity index (χ0) is 23.3. The minimum absolute atomic E-state index is 0.239. The molecule has 1 amide bonds. The molecular formula is C26H27N7O. The molecule has 1 fully saturated rings. The second-order valence-electron chi connectivity index (χ2n) is 8.36. The topological polar surface area (TPSA) is 79.2 Å². The molecule has 0 saturated carbocycles. The first kappa shape index (κ1) is 21.8. The molecule has 0 bridgehead atoms. The normalized spacial score (nSPS) is 14.2. The largest absolute Gasteiger partial charge is 0.354 e. The third-order valence-electron chi connectivity index (χ3n) is 6.09. The van der Waals surface area contributed by atoms with Crippen LogP contribution in [-0.2, 0) is 6.54 Å². The van der Waals surface area contributed by atoms with Crippen LogP contribution >= 0.6 is 0 Å². The quantitative estimate of drug-likeness (QED) is 0.481. The number of hydrogen-bond acceptors (Lipinski definition) is 6. The van der Waals surface area contributed by atoms with Crippen molar-refractivity contribution in [1.82, 2.24) is 24.6 Å².